The Bertz CT molecular complexity index is 63.4. The third kappa shape index (κ3) is 2.28. The molecule has 2 N–H and O–H groups in total. The quantitative estimate of drug-likeness (QED) is 0.509. The van der Waals surface area contributed by atoms with Gasteiger partial charge in [0, 0.05) is 12.2 Å². The Balaban J connectivity index is 3.62. The standard InChI is InChI=1S/C6H16N2/c1-6(2,3)8(4)5-7/h5,7H2,1-4H3. The van der Waals surface area contributed by atoms with Crippen LogP contribution in [0.25, 0.3) is 0 Å². The van der Waals surface area contributed by atoms with Crippen LogP contribution in [0.15, 0.2) is 0 Å². The summed E-state index contributed by atoms with van der Waals surface area (Å²) < 4.78 is 0. The highest BCUT2D eigenvalue weighted by molar-refractivity contribution is 4.70. The van der Waals surface area contributed by atoms with Gasteiger partial charge in [-0.05, 0) is 27.8 Å². The van der Waals surface area contributed by atoms with Crippen LogP contribution in [0.3, 0.4) is 0 Å². The highest BCUT2D eigenvalue weighted by Crippen LogP contribution is 2.07. The smallest absolute Gasteiger partial charge is 0.0457 e. The van der Waals surface area contributed by atoms with Crippen molar-refractivity contribution in [2.75, 3.05) is 13.7 Å². The molecule has 0 saturated heterocycles. The lowest BCUT2D eigenvalue weighted by molar-refractivity contribution is 0.181. The Kier molecular flexibility index (Phi) is 2.44. The molecule has 2 heteroatoms. The van der Waals surface area contributed by atoms with E-state index in [9.17, 15) is 0 Å². The molecule has 0 aromatic carbocycles. The molecule has 0 saturated carbocycles. The van der Waals surface area contributed by atoms with Crippen LogP contribution in [0.2, 0.25) is 0 Å². The van der Waals surface area contributed by atoms with Crippen molar-refractivity contribution in [1.82, 2.24) is 4.90 Å². The molecule has 8 heavy (non-hydrogen) atoms. The van der Waals surface area contributed by atoms with Gasteiger partial charge in [0.2, 0.25) is 0 Å². The Morgan fingerprint density at radius 2 is 1.75 bits per heavy atom. The van der Waals surface area contributed by atoms with Gasteiger partial charge in [-0.2, -0.15) is 0 Å². The molecule has 0 spiro atoms. The fourth-order valence-corrected chi connectivity index (χ4v) is 0.274. The van der Waals surface area contributed by atoms with Crippen LogP contribution >= 0.6 is 0 Å². The zero-order chi connectivity index (χ0) is 6.78. The van der Waals surface area contributed by atoms with E-state index in [4.69, 9.17) is 5.73 Å². The zero-order valence-corrected chi connectivity index (χ0v) is 6.23. The molecule has 0 aromatic heterocycles. The first kappa shape index (κ1) is 7.92. The highest BCUT2D eigenvalue weighted by atomic mass is 15.2. The van der Waals surface area contributed by atoms with Crippen LogP contribution in [0.1, 0.15) is 20.8 Å². The molecule has 0 fully saturated rings. The largest absolute Gasteiger partial charge is 0.318 e. The SMILES string of the molecule is CN(CN)C(C)(C)C. The van der Waals surface area contributed by atoms with Crippen molar-refractivity contribution < 1.29 is 0 Å². The molecule has 0 aromatic rings. The zero-order valence-electron chi connectivity index (χ0n) is 6.23. The predicted molar refractivity (Wildman–Crippen MR) is 36.6 cm³/mol. The molecule has 0 aliphatic heterocycles. The fourth-order valence-electron chi connectivity index (χ4n) is 0.274. The van der Waals surface area contributed by atoms with E-state index in [1.807, 2.05) is 7.05 Å². The van der Waals surface area contributed by atoms with Crippen molar-refractivity contribution in [3.8, 4) is 0 Å². The van der Waals surface area contributed by atoms with Crippen molar-refractivity contribution in [2.45, 2.75) is 26.3 Å². The van der Waals surface area contributed by atoms with E-state index in [0.717, 1.165) is 0 Å². The minimum Gasteiger partial charge on any atom is -0.318 e. The minimum absolute atomic E-state index is 0.217. The minimum atomic E-state index is 0.217. The highest BCUT2D eigenvalue weighted by Gasteiger charge is 2.13. The fraction of sp³-hybridized carbons (Fsp3) is 1.00. The van der Waals surface area contributed by atoms with E-state index in [-0.39, 0.29) is 5.54 Å². The molecule has 0 bridgehead atoms. The van der Waals surface area contributed by atoms with Gasteiger partial charge in [0.1, 0.15) is 0 Å². The Morgan fingerprint density at radius 3 is 1.75 bits per heavy atom. The van der Waals surface area contributed by atoms with Crippen LogP contribution in [-0.2, 0) is 0 Å². The molecule has 0 amide bonds. The molecule has 2 nitrogen and oxygen atoms in total. The van der Waals surface area contributed by atoms with Gasteiger partial charge in [-0.15, -0.1) is 0 Å². The molecule has 0 aliphatic carbocycles. The molecule has 0 heterocycles. The average molecular weight is 116 g/mol. The van der Waals surface area contributed by atoms with E-state index in [1.165, 1.54) is 0 Å². The molecule has 0 radical (unpaired) electrons. The molecular formula is C6H16N2. The first-order valence-electron chi connectivity index (χ1n) is 2.90. The summed E-state index contributed by atoms with van der Waals surface area (Å²) in [6, 6.07) is 0. The summed E-state index contributed by atoms with van der Waals surface area (Å²) in [5, 5.41) is 0. The normalized spacial score (nSPS) is 12.8. The summed E-state index contributed by atoms with van der Waals surface area (Å²) >= 11 is 0. The summed E-state index contributed by atoms with van der Waals surface area (Å²) in [6.45, 7) is 7.04. The summed E-state index contributed by atoms with van der Waals surface area (Å²) in [5.41, 5.74) is 5.60. The molecule has 0 rings (SSSR count). The summed E-state index contributed by atoms with van der Waals surface area (Å²) in [7, 11) is 2.01. The summed E-state index contributed by atoms with van der Waals surface area (Å²) in [5.74, 6) is 0. The van der Waals surface area contributed by atoms with Crippen molar-refractivity contribution in [2.24, 2.45) is 5.73 Å². The van der Waals surface area contributed by atoms with Gasteiger partial charge >= 0.3 is 0 Å². The Hall–Kier alpha value is -0.0800. The lowest BCUT2D eigenvalue weighted by Crippen LogP contribution is -2.41. The van der Waals surface area contributed by atoms with Crippen molar-refractivity contribution in [3.63, 3.8) is 0 Å². The van der Waals surface area contributed by atoms with Crippen LogP contribution < -0.4 is 5.73 Å². The lowest BCUT2D eigenvalue weighted by atomic mass is 10.1. The maximum absolute atomic E-state index is 5.38. The number of hydrogen-bond donors (Lipinski definition) is 1. The van der Waals surface area contributed by atoms with Gasteiger partial charge in [-0.3, -0.25) is 4.90 Å². The maximum atomic E-state index is 5.38. The third-order valence-corrected chi connectivity index (χ3v) is 1.42. The van der Waals surface area contributed by atoms with Crippen LogP contribution in [0.4, 0.5) is 0 Å². The van der Waals surface area contributed by atoms with Crippen LogP contribution in [-0.4, -0.2) is 24.2 Å². The topological polar surface area (TPSA) is 29.3 Å². The maximum Gasteiger partial charge on any atom is 0.0457 e. The number of rotatable bonds is 1. The van der Waals surface area contributed by atoms with Gasteiger partial charge < -0.3 is 5.73 Å². The molecule has 0 aliphatic rings. The van der Waals surface area contributed by atoms with Gasteiger partial charge in [-0.25, -0.2) is 0 Å². The molecular weight excluding hydrogens is 100 g/mol. The van der Waals surface area contributed by atoms with Crippen molar-refractivity contribution in [3.05, 3.63) is 0 Å². The van der Waals surface area contributed by atoms with Gasteiger partial charge in [0.05, 0.1) is 0 Å². The van der Waals surface area contributed by atoms with Crippen LogP contribution in [0, 0.1) is 0 Å². The summed E-state index contributed by atoms with van der Waals surface area (Å²) in [6.07, 6.45) is 0. The van der Waals surface area contributed by atoms with Gasteiger partial charge in [-0.1, -0.05) is 0 Å². The third-order valence-electron chi connectivity index (χ3n) is 1.42. The summed E-state index contributed by atoms with van der Waals surface area (Å²) in [4.78, 5) is 2.09. The van der Waals surface area contributed by atoms with Gasteiger partial charge in [0.15, 0.2) is 0 Å². The second kappa shape index (κ2) is 2.46. The lowest BCUT2D eigenvalue weighted by Gasteiger charge is -2.29. The molecule has 0 unspecified atom stereocenters. The van der Waals surface area contributed by atoms with E-state index >= 15 is 0 Å². The monoisotopic (exact) mass is 116 g/mol. The first-order valence-corrected chi connectivity index (χ1v) is 2.90. The second-order valence-electron chi connectivity index (χ2n) is 3.05. The van der Waals surface area contributed by atoms with E-state index in [0.29, 0.717) is 6.67 Å². The van der Waals surface area contributed by atoms with E-state index in [1.54, 1.807) is 0 Å². The molecule has 50 valence electrons. The number of hydrogen-bond acceptors (Lipinski definition) is 2. The second-order valence-corrected chi connectivity index (χ2v) is 3.05. The van der Waals surface area contributed by atoms with E-state index < -0.39 is 0 Å². The van der Waals surface area contributed by atoms with E-state index in [2.05, 4.69) is 25.7 Å². The van der Waals surface area contributed by atoms with Crippen molar-refractivity contribution >= 4 is 0 Å². The van der Waals surface area contributed by atoms with Crippen molar-refractivity contribution in [1.29, 1.82) is 0 Å². The Morgan fingerprint density at radius 1 is 1.38 bits per heavy atom. The van der Waals surface area contributed by atoms with Gasteiger partial charge in [0.25, 0.3) is 0 Å². The number of nitrogens with zero attached hydrogens (tertiary/aromatic N) is 1. The number of nitrogens with two attached hydrogens (primary N) is 1. The predicted octanol–water partition coefficient (Wildman–Crippen LogP) is 0.633. The Labute approximate surface area is 51.7 Å². The molecule has 0 atom stereocenters. The van der Waals surface area contributed by atoms with Crippen LogP contribution in [0.5, 0.6) is 0 Å². The first-order chi connectivity index (χ1) is 3.48. The average Bonchev–Trinajstić information content (AvgIpc) is 1.62.